The number of nitriles is 1. The van der Waals surface area contributed by atoms with Crippen LogP contribution in [-0.2, 0) is 0 Å². The zero-order valence-electron chi connectivity index (χ0n) is 11.9. The molecule has 4 bridgehead atoms. The van der Waals surface area contributed by atoms with Gasteiger partial charge in [0.05, 0.1) is 12.1 Å². The molecule has 2 heteroatoms. The number of likely N-dealkylation sites (tertiary alicyclic amines) is 1. The molecule has 5 fully saturated rings. The Morgan fingerprint density at radius 3 is 2.05 bits per heavy atom. The average Bonchev–Trinajstić information content (AvgIpc) is 2.91. The van der Waals surface area contributed by atoms with Crippen molar-refractivity contribution in [2.24, 2.45) is 29.6 Å². The molecule has 4 saturated carbocycles. The van der Waals surface area contributed by atoms with Gasteiger partial charge < -0.3 is 0 Å². The van der Waals surface area contributed by atoms with Crippen LogP contribution in [0.25, 0.3) is 0 Å². The first-order valence-corrected chi connectivity index (χ1v) is 8.47. The van der Waals surface area contributed by atoms with Crippen molar-refractivity contribution in [3.05, 3.63) is 0 Å². The molecule has 1 saturated heterocycles. The van der Waals surface area contributed by atoms with E-state index in [2.05, 4.69) is 11.0 Å². The minimum absolute atomic E-state index is 0.227. The van der Waals surface area contributed by atoms with E-state index in [1.165, 1.54) is 64.5 Å². The summed E-state index contributed by atoms with van der Waals surface area (Å²) in [6, 6.07) is 2.86. The topological polar surface area (TPSA) is 27.0 Å². The van der Waals surface area contributed by atoms with Crippen LogP contribution in [0, 0.1) is 40.9 Å². The van der Waals surface area contributed by atoms with Crippen LogP contribution in [0.2, 0.25) is 0 Å². The van der Waals surface area contributed by atoms with Crippen molar-refractivity contribution in [3.8, 4) is 6.07 Å². The highest BCUT2D eigenvalue weighted by molar-refractivity contribution is 5.02. The fourth-order valence-electron chi connectivity index (χ4n) is 6.02. The summed E-state index contributed by atoms with van der Waals surface area (Å²) >= 11 is 0. The van der Waals surface area contributed by atoms with Gasteiger partial charge in [-0.15, -0.1) is 0 Å². The van der Waals surface area contributed by atoms with Gasteiger partial charge in [0.15, 0.2) is 0 Å². The Morgan fingerprint density at radius 1 is 0.947 bits per heavy atom. The maximum atomic E-state index is 9.55. The number of hydrogen-bond donors (Lipinski definition) is 0. The molecule has 4 aliphatic carbocycles. The lowest BCUT2D eigenvalue weighted by molar-refractivity contribution is -0.0454. The van der Waals surface area contributed by atoms with E-state index in [1.807, 2.05) is 0 Å². The molecule has 0 N–H and O–H groups in total. The molecule has 0 aromatic rings. The highest BCUT2D eigenvalue weighted by atomic mass is 15.2. The molecule has 19 heavy (non-hydrogen) atoms. The molecule has 1 heterocycles. The molecular weight excluding hydrogens is 232 g/mol. The van der Waals surface area contributed by atoms with Crippen LogP contribution in [0.4, 0.5) is 0 Å². The predicted octanol–water partition coefficient (Wildman–Crippen LogP) is 3.44. The van der Waals surface area contributed by atoms with Gasteiger partial charge in [-0.2, -0.15) is 5.26 Å². The second kappa shape index (κ2) is 4.77. The molecule has 0 aromatic heterocycles. The van der Waals surface area contributed by atoms with Crippen LogP contribution in [-0.4, -0.2) is 24.0 Å². The normalized spacial score (nSPS) is 46.4. The molecule has 1 atom stereocenters. The van der Waals surface area contributed by atoms with Gasteiger partial charge in [0, 0.05) is 0 Å². The fraction of sp³-hybridized carbons (Fsp3) is 0.941. The lowest BCUT2D eigenvalue weighted by Crippen LogP contribution is -2.47. The van der Waals surface area contributed by atoms with Crippen molar-refractivity contribution >= 4 is 0 Å². The standard InChI is InChI=1S/C17H26N2/c18-11-16(19-3-1-2-4-19)10-17-14-6-12-5-13(8-14)9-15(17)7-12/h12-17H,1-10H2. The van der Waals surface area contributed by atoms with Crippen molar-refractivity contribution in [2.75, 3.05) is 13.1 Å². The molecule has 5 aliphatic rings. The summed E-state index contributed by atoms with van der Waals surface area (Å²) in [5.74, 6) is 4.97. The van der Waals surface area contributed by atoms with Gasteiger partial charge in [-0.25, -0.2) is 0 Å². The summed E-state index contributed by atoms with van der Waals surface area (Å²) in [7, 11) is 0. The summed E-state index contributed by atoms with van der Waals surface area (Å²) in [6.45, 7) is 2.34. The van der Waals surface area contributed by atoms with Crippen molar-refractivity contribution in [3.63, 3.8) is 0 Å². The minimum atomic E-state index is 0.227. The second-order valence-corrected chi connectivity index (χ2v) is 7.72. The molecule has 2 nitrogen and oxygen atoms in total. The van der Waals surface area contributed by atoms with Crippen LogP contribution < -0.4 is 0 Å². The highest BCUT2D eigenvalue weighted by Crippen LogP contribution is 2.57. The smallest absolute Gasteiger partial charge is 0.0980 e. The molecule has 0 radical (unpaired) electrons. The molecule has 104 valence electrons. The monoisotopic (exact) mass is 258 g/mol. The Bertz CT molecular complexity index is 349. The van der Waals surface area contributed by atoms with Crippen molar-refractivity contribution in [1.29, 1.82) is 5.26 Å². The molecule has 0 spiro atoms. The van der Waals surface area contributed by atoms with E-state index < -0.39 is 0 Å². The first-order valence-electron chi connectivity index (χ1n) is 8.47. The summed E-state index contributed by atoms with van der Waals surface area (Å²) in [6.07, 6.45) is 11.3. The van der Waals surface area contributed by atoms with Crippen molar-refractivity contribution in [2.45, 2.75) is 57.4 Å². The number of hydrogen-bond acceptors (Lipinski definition) is 2. The van der Waals surface area contributed by atoms with Gasteiger partial charge >= 0.3 is 0 Å². The van der Waals surface area contributed by atoms with Crippen LogP contribution >= 0.6 is 0 Å². The Hall–Kier alpha value is -0.550. The Morgan fingerprint density at radius 2 is 1.53 bits per heavy atom. The molecule has 5 rings (SSSR count). The summed E-state index contributed by atoms with van der Waals surface area (Å²) in [5.41, 5.74) is 0. The molecule has 0 amide bonds. The van der Waals surface area contributed by atoms with E-state index in [-0.39, 0.29) is 6.04 Å². The van der Waals surface area contributed by atoms with E-state index in [1.54, 1.807) is 0 Å². The van der Waals surface area contributed by atoms with Crippen molar-refractivity contribution in [1.82, 2.24) is 4.90 Å². The molecule has 1 unspecified atom stereocenters. The third-order valence-electron chi connectivity index (χ3n) is 6.65. The van der Waals surface area contributed by atoms with Crippen LogP contribution in [0.15, 0.2) is 0 Å². The summed E-state index contributed by atoms with van der Waals surface area (Å²) < 4.78 is 0. The van der Waals surface area contributed by atoms with Gasteiger partial charge in [0.2, 0.25) is 0 Å². The molecule has 1 aliphatic heterocycles. The van der Waals surface area contributed by atoms with Crippen LogP contribution in [0.1, 0.15) is 51.4 Å². The maximum absolute atomic E-state index is 9.55. The van der Waals surface area contributed by atoms with E-state index in [9.17, 15) is 5.26 Å². The SMILES string of the molecule is N#CC(CC1C2CC3CC(C2)CC1C3)N1CCCC1. The third-order valence-corrected chi connectivity index (χ3v) is 6.65. The largest absolute Gasteiger partial charge is 0.288 e. The van der Waals surface area contributed by atoms with E-state index in [0.29, 0.717) is 0 Å². The third kappa shape index (κ3) is 2.11. The first kappa shape index (κ1) is 12.2. The van der Waals surface area contributed by atoms with E-state index in [0.717, 1.165) is 29.6 Å². The molecular formula is C17H26N2. The summed E-state index contributed by atoms with van der Waals surface area (Å²) in [4.78, 5) is 2.46. The Kier molecular flexibility index (Phi) is 3.07. The Labute approximate surface area is 117 Å². The van der Waals surface area contributed by atoms with Gasteiger partial charge in [0.25, 0.3) is 0 Å². The second-order valence-electron chi connectivity index (χ2n) is 7.72. The lowest BCUT2D eigenvalue weighted by atomic mass is 9.51. The first-order chi connectivity index (χ1) is 9.33. The fourth-order valence-corrected chi connectivity index (χ4v) is 6.02. The van der Waals surface area contributed by atoms with Crippen molar-refractivity contribution < 1.29 is 0 Å². The van der Waals surface area contributed by atoms with E-state index in [4.69, 9.17) is 0 Å². The van der Waals surface area contributed by atoms with Gasteiger partial charge in [-0.05, 0) is 94.0 Å². The highest BCUT2D eigenvalue weighted by Gasteiger charge is 2.48. The maximum Gasteiger partial charge on any atom is 0.0980 e. The molecule has 0 aromatic carbocycles. The Balaban J connectivity index is 1.46. The van der Waals surface area contributed by atoms with Crippen LogP contribution in [0.5, 0.6) is 0 Å². The van der Waals surface area contributed by atoms with E-state index >= 15 is 0 Å². The van der Waals surface area contributed by atoms with Crippen LogP contribution in [0.3, 0.4) is 0 Å². The van der Waals surface area contributed by atoms with Gasteiger partial charge in [-0.3, -0.25) is 4.90 Å². The predicted molar refractivity (Wildman–Crippen MR) is 75.4 cm³/mol. The summed E-state index contributed by atoms with van der Waals surface area (Å²) in [5, 5.41) is 9.55. The zero-order valence-corrected chi connectivity index (χ0v) is 11.9. The quantitative estimate of drug-likeness (QED) is 0.775. The van der Waals surface area contributed by atoms with Gasteiger partial charge in [-0.1, -0.05) is 0 Å². The number of rotatable bonds is 3. The minimum Gasteiger partial charge on any atom is -0.288 e. The number of nitrogens with zero attached hydrogens (tertiary/aromatic N) is 2. The lowest BCUT2D eigenvalue weighted by Gasteiger charge is -2.55. The van der Waals surface area contributed by atoms with Gasteiger partial charge in [0.1, 0.15) is 0 Å². The zero-order chi connectivity index (χ0) is 12.8. The average molecular weight is 258 g/mol.